The molecule has 118 valence electrons. The number of rotatable bonds is 3. The van der Waals surface area contributed by atoms with Gasteiger partial charge in [0.25, 0.3) is 0 Å². The molecule has 0 spiro atoms. The van der Waals surface area contributed by atoms with Gasteiger partial charge in [0.1, 0.15) is 5.75 Å². The molecule has 2 heterocycles. The fourth-order valence-corrected chi connectivity index (χ4v) is 2.26. The van der Waals surface area contributed by atoms with Crippen molar-refractivity contribution in [3.63, 3.8) is 0 Å². The Morgan fingerprint density at radius 3 is 2.48 bits per heavy atom. The first-order chi connectivity index (χ1) is 10.9. The Bertz CT molecular complexity index is 856. The van der Waals surface area contributed by atoms with Crippen LogP contribution in [0.5, 0.6) is 5.75 Å². The SMILES string of the molecule is FC(F)(F)Oc1ccc(-n2c(-c3cccnc3)n[nH]c2=S)cc1. The number of pyridine rings is 1. The minimum atomic E-state index is -4.73. The lowest BCUT2D eigenvalue weighted by Gasteiger charge is -2.10. The number of hydrogen-bond acceptors (Lipinski definition) is 4. The van der Waals surface area contributed by atoms with Crippen molar-refractivity contribution in [2.24, 2.45) is 0 Å². The summed E-state index contributed by atoms with van der Waals surface area (Å²) in [5, 5.41) is 6.80. The maximum atomic E-state index is 12.2. The van der Waals surface area contributed by atoms with Crippen molar-refractivity contribution < 1.29 is 17.9 Å². The van der Waals surface area contributed by atoms with Crippen LogP contribution in [0.3, 0.4) is 0 Å². The van der Waals surface area contributed by atoms with Gasteiger partial charge in [-0.1, -0.05) is 0 Å². The number of halogens is 3. The molecular weight excluding hydrogens is 329 g/mol. The Hall–Kier alpha value is -2.68. The lowest BCUT2D eigenvalue weighted by molar-refractivity contribution is -0.274. The molecule has 5 nitrogen and oxygen atoms in total. The molecule has 3 aromatic rings. The summed E-state index contributed by atoms with van der Waals surface area (Å²) >= 11 is 5.19. The summed E-state index contributed by atoms with van der Waals surface area (Å²) in [6.07, 6.45) is -1.49. The Kier molecular flexibility index (Phi) is 3.87. The Morgan fingerprint density at radius 1 is 1.13 bits per heavy atom. The van der Waals surface area contributed by atoms with E-state index in [1.165, 1.54) is 24.3 Å². The molecule has 0 radical (unpaired) electrons. The predicted octanol–water partition coefficient (Wildman–Crippen LogP) is 3.89. The molecule has 0 unspecified atom stereocenters. The van der Waals surface area contributed by atoms with Crippen molar-refractivity contribution >= 4 is 12.2 Å². The van der Waals surface area contributed by atoms with Crippen LogP contribution >= 0.6 is 12.2 Å². The topological polar surface area (TPSA) is 55.7 Å². The zero-order chi connectivity index (χ0) is 16.4. The van der Waals surface area contributed by atoms with E-state index in [0.717, 1.165) is 5.56 Å². The summed E-state index contributed by atoms with van der Waals surface area (Å²) in [7, 11) is 0. The summed E-state index contributed by atoms with van der Waals surface area (Å²) < 4.78 is 42.4. The molecule has 0 fully saturated rings. The van der Waals surface area contributed by atoms with E-state index in [4.69, 9.17) is 12.2 Å². The number of hydrogen-bond donors (Lipinski definition) is 1. The second-order valence-electron chi connectivity index (χ2n) is 4.47. The number of ether oxygens (including phenoxy) is 1. The molecular formula is C14H9F3N4OS. The van der Waals surface area contributed by atoms with Crippen molar-refractivity contribution in [3.05, 3.63) is 53.6 Å². The fraction of sp³-hybridized carbons (Fsp3) is 0.0714. The van der Waals surface area contributed by atoms with Crippen LogP contribution in [0.2, 0.25) is 0 Å². The highest BCUT2D eigenvalue weighted by atomic mass is 32.1. The molecule has 0 aliphatic heterocycles. The second-order valence-corrected chi connectivity index (χ2v) is 4.86. The van der Waals surface area contributed by atoms with E-state index in [0.29, 0.717) is 16.3 Å². The van der Waals surface area contributed by atoms with Gasteiger partial charge in [-0.25, -0.2) is 0 Å². The third-order valence-electron chi connectivity index (χ3n) is 2.92. The molecule has 0 atom stereocenters. The monoisotopic (exact) mass is 338 g/mol. The highest BCUT2D eigenvalue weighted by Crippen LogP contribution is 2.25. The van der Waals surface area contributed by atoms with E-state index >= 15 is 0 Å². The summed E-state index contributed by atoms with van der Waals surface area (Å²) in [5.41, 5.74) is 1.27. The molecule has 1 aromatic carbocycles. The lowest BCUT2D eigenvalue weighted by atomic mass is 10.2. The van der Waals surface area contributed by atoms with Crippen molar-refractivity contribution in [1.29, 1.82) is 0 Å². The molecule has 0 saturated heterocycles. The van der Waals surface area contributed by atoms with E-state index in [2.05, 4.69) is 19.9 Å². The molecule has 1 N–H and O–H groups in total. The molecule has 9 heteroatoms. The molecule has 2 aromatic heterocycles. The first kappa shape index (κ1) is 15.2. The van der Waals surface area contributed by atoms with Crippen molar-refractivity contribution in [3.8, 4) is 22.8 Å². The van der Waals surface area contributed by atoms with Gasteiger partial charge in [0.2, 0.25) is 0 Å². The number of H-pyrrole nitrogens is 1. The molecule has 3 rings (SSSR count). The summed E-state index contributed by atoms with van der Waals surface area (Å²) in [4.78, 5) is 4.01. The molecule has 23 heavy (non-hydrogen) atoms. The summed E-state index contributed by atoms with van der Waals surface area (Å²) in [6, 6.07) is 8.90. The second kappa shape index (κ2) is 5.84. The van der Waals surface area contributed by atoms with Crippen LogP contribution in [-0.2, 0) is 0 Å². The van der Waals surface area contributed by atoms with Crippen molar-refractivity contribution in [1.82, 2.24) is 19.7 Å². The molecule has 0 bridgehead atoms. The van der Waals surface area contributed by atoms with Crippen molar-refractivity contribution in [2.75, 3.05) is 0 Å². The minimum absolute atomic E-state index is 0.306. The lowest BCUT2D eigenvalue weighted by Crippen LogP contribution is -2.17. The smallest absolute Gasteiger partial charge is 0.406 e. The van der Waals surface area contributed by atoms with Gasteiger partial charge in [-0.2, -0.15) is 5.10 Å². The number of alkyl halides is 3. The zero-order valence-corrected chi connectivity index (χ0v) is 12.2. The Morgan fingerprint density at radius 2 is 1.87 bits per heavy atom. The maximum absolute atomic E-state index is 12.2. The first-order valence-electron chi connectivity index (χ1n) is 6.38. The van der Waals surface area contributed by atoms with Crippen LogP contribution < -0.4 is 4.74 Å². The van der Waals surface area contributed by atoms with E-state index in [1.807, 2.05) is 0 Å². The van der Waals surface area contributed by atoms with Gasteiger partial charge in [0.15, 0.2) is 10.6 Å². The fourth-order valence-electron chi connectivity index (χ4n) is 2.02. The molecule has 0 aliphatic carbocycles. The van der Waals surface area contributed by atoms with E-state index in [1.54, 1.807) is 29.1 Å². The Labute approximate surface area is 133 Å². The quantitative estimate of drug-likeness (QED) is 0.736. The highest BCUT2D eigenvalue weighted by molar-refractivity contribution is 7.71. The van der Waals surface area contributed by atoms with Gasteiger partial charge in [0.05, 0.1) is 5.69 Å². The van der Waals surface area contributed by atoms with Crippen LogP contribution in [0, 0.1) is 4.77 Å². The molecule has 0 amide bonds. The average Bonchev–Trinajstić information content (AvgIpc) is 2.89. The van der Waals surface area contributed by atoms with Gasteiger partial charge in [-0.15, -0.1) is 13.2 Å². The standard InChI is InChI=1S/C14H9F3N4OS/c15-14(16,17)22-11-5-3-10(4-6-11)21-12(19-20-13(21)23)9-2-1-7-18-8-9/h1-8H,(H,20,23). The normalized spacial score (nSPS) is 11.4. The van der Waals surface area contributed by atoms with Crippen LogP contribution in [0.25, 0.3) is 17.1 Å². The number of nitrogens with zero attached hydrogens (tertiary/aromatic N) is 3. The van der Waals surface area contributed by atoms with Gasteiger partial charge in [-0.3, -0.25) is 14.6 Å². The maximum Gasteiger partial charge on any atom is 0.573 e. The van der Waals surface area contributed by atoms with Gasteiger partial charge < -0.3 is 4.74 Å². The van der Waals surface area contributed by atoms with Gasteiger partial charge in [0, 0.05) is 18.0 Å². The van der Waals surface area contributed by atoms with E-state index < -0.39 is 6.36 Å². The number of nitrogens with one attached hydrogen (secondary N) is 1. The zero-order valence-electron chi connectivity index (χ0n) is 11.4. The Balaban J connectivity index is 2.00. The molecule has 0 saturated carbocycles. The largest absolute Gasteiger partial charge is 0.573 e. The van der Waals surface area contributed by atoms with Crippen molar-refractivity contribution in [2.45, 2.75) is 6.36 Å². The summed E-state index contributed by atoms with van der Waals surface area (Å²) in [6.45, 7) is 0. The third-order valence-corrected chi connectivity index (χ3v) is 3.19. The van der Waals surface area contributed by atoms with Gasteiger partial charge in [-0.05, 0) is 48.6 Å². The number of benzene rings is 1. The van der Waals surface area contributed by atoms with Crippen LogP contribution in [0.15, 0.2) is 48.8 Å². The van der Waals surface area contributed by atoms with Crippen LogP contribution in [-0.4, -0.2) is 26.1 Å². The highest BCUT2D eigenvalue weighted by Gasteiger charge is 2.31. The van der Waals surface area contributed by atoms with Crippen LogP contribution in [0.4, 0.5) is 13.2 Å². The number of aromatic amines is 1. The third kappa shape index (κ3) is 3.39. The predicted molar refractivity (Wildman–Crippen MR) is 78.7 cm³/mol. The molecule has 0 aliphatic rings. The number of aromatic nitrogens is 4. The average molecular weight is 338 g/mol. The summed E-state index contributed by atoms with van der Waals surface area (Å²) in [5.74, 6) is 0.201. The van der Waals surface area contributed by atoms with Crippen LogP contribution in [0.1, 0.15) is 0 Å². The van der Waals surface area contributed by atoms with E-state index in [9.17, 15) is 13.2 Å². The first-order valence-corrected chi connectivity index (χ1v) is 6.79. The van der Waals surface area contributed by atoms with Gasteiger partial charge >= 0.3 is 6.36 Å². The van der Waals surface area contributed by atoms with E-state index in [-0.39, 0.29) is 5.75 Å². The minimum Gasteiger partial charge on any atom is -0.406 e.